The summed E-state index contributed by atoms with van der Waals surface area (Å²) in [5.41, 5.74) is 0.793. The van der Waals surface area contributed by atoms with Gasteiger partial charge in [0, 0.05) is 0 Å². The average molecular weight is 198 g/mol. The summed E-state index contributed by atoms with van der Waals surface area (Å²) in [6.45, 7) is 3.52. The van der Waals surface area contributed by atoms with Crippen molar-refractivity contribution in [2.45, 2.75) is 0 Å². The van der Waals surface area contributed by atoms with Crippen LogP contribution in [-0.2, 0) is 4.74 Å². The lowest BCUT2D eigenvalue weighted by atomic mass is 10.2. The standard InChI is InChI=1S/C9H8ClNO2/c1-3-7-6(9(12)13-2)4-5-8(10)11-7/h3-5H,1H2,2H3. The van der Waals surface area contributed by atoms with Crippen LogP contribution in [0.4, 0.5) is 0 Å². The molecule has 0 fully saturated rings. The summed E-state index contributed by atoms with van der Waals surface area (Å²) >= 11 is 5.63. The first kappa shape index (κ1) is 9.74. The number of carbonyl (C=O) groups excluding carboxylic acids is 1. The molecule has 0 atom stereocenters. The van der Waals surface area contributed by atoms with E-state index in [0.717, 1.165) is 0 Å². The van der Waals surface area contributed by atoms with Crippen molar-refractivity contribution in [3.8, 4) is 0 Å². The fraction of sp³-hybridized carbons (Fsp3) is 0.111. The maximum Gasteiger partial charge on any atom is 0.340 e. The Kier molecular flexibility index (Phi) is 3.03. The Morgan fingerprint density at radius 3 is 2.92 bits per heavy atom. The fourth-order valence-electron chi connectivity index (χ4n) is 0.888. The first-order valence-electron chi connectivity index (χ1n) is 3.56. The van der Waals surface area contributed by atoms with Crippen LogP contribution in [0.1, 0.15) is 16.1 Å². The molecule has 0 spiro atoms. The Morgan fingerprint density at radius 2 is 2.38 bits per heavy atom. The summed E-state index contributed by atoms with van der Waals surface area (Å²) in [6.07, 6.45) is 1.46. The van der Waals surface area contributed by atoms with Crippen LogP contribution in [0.25, 0.3) is 6.08 Å². The minimum atomic E-state index is -0.445. The number of nitrogens with zero attached hydrogens (tertiary/aromatic N) is 1. The van der Waals surface area contributed by atoms with E-state index < -0.39 is 5.97 Å². The van der Waals surface area contributed by atoms with E-state index in [-0.39, 0.29) is 0 Å². The normalized spacial score (nSPS) is 9.38. The van der Waals surface area contributed by atoms with Gasteiger partial charge in [-0.2, -0.15) is 0 Å². The van der Waals surface area contributed by atoms with Gasteiger partial charge in [0.1, 0.15) is 5.15 Å². The Bertz CT molecular complexity index is 349. The van der Waals surface area contributed by atoms with Gasteiger partial charge in [0.2, 0.25) is 0 Å². The highest BCUT2D eigenvalue weighted by Gasteiger charge is 2.10. The summed E-state index contributed by atoms with van der Waals surface area (Å²) in [7, 11) is 1.31. The molecule has 0 bridgehead atoms. The largest absolute Gasteiger partial charge is 0.465 e. The molecule has 4 heteroatoms. The molecule has 0 N–H and O–H groups in total. The smallest absolute Gasteiger partial charge is 0.340 e. The highest BCUT2D eigenvalue weighted by atomic mass is 35.5. The summed E-state index contributed by atoms with van der Waals surface area (Å²) < 4.78 is 4.55. The predicted octanol–water partition coefficient (Wildman–Crippen LogP) is 2.16. The highest BCUT2D eigenvalue weighted by molar-refractivity contribution is 6.29. The third kappa shape index (κ3) is 2.06. The van der Waals surface area contributed by atoms with Gasteiger partial charge in [-0.15, -0.1) is 0 Å². The Labute approximate surface area is 81.0 Å². The van der Waals surface area contributed by atoms with E-state index in [1.165, 1.54) is 19.3 Å². The number of methoxy groups -OCH3 is 1. The summed E-state index contributed by atoms with van der Waals surface area (Å²) in [4.78, 5) is 15.1. The van der Waals surface area contributed by atoms with Crippen molar-refractivity contribution in [2.24, 2.45) is 0 Å². The van der Waals surface area contributed by atoms with Gasteiger partial charge in [0.05, 0.1) is 18.4 Å². The van der Waals surface area contributed by atoms with Gasteiger partial charge in [0.25, 0.3) is 0 Å². The Balaban J connectivity index is 3.20. The third-order valence-electron chi connectivity index (χ3n) is 1.49. The number of aromatic nitrogens is 1. The minimum Gasteiger partial charge on any atom is -0.465 e. The number of halogens is 1. The lowest BCUT2D eigenvalue weighted by molar-refractivity contribution is 0.0600. The number of rotatable bonds is 2. The molecule has 0 aliphatic carbocycles. The van der Waals surface area contributed by atoms with E-state index >= 15 is 0 Å². The molecule has 1 rings (SSSR count). The second kappa shape index (κ2) is 4.05. The molecule has 0 unspecified atom stereocenters. The highest BCUT2D eigenvalue weighted by Crippen LogP contribution is 2.13. The average Bonchev–Trinajstić information content (AvgIpc) is 2.16. The maximum absolute atomic E-state index is 11.2. The van der Waals surface area contributed by atoms with Crippen LogP contribution in [0.15, 0.2) is 18.7 Å². The number of pyridine rings is 1. The first-order valence-corrected chi connectivity index (χ1v) is 3.94. The Morgan fingerprint density at radius 1 is 1.69 bits per heavy atom. The molecular formula is C9H8ClNO2. The molecule has 3 nitrogen and oxygen atoms in total. The number of carbonyl (C=O) groups is 1. The van der Waals surface area contributed by atoms with Crippen LogP contribution in [0, 0.1) is 0 Å². The van der Waals surface area contributed by atoms with Crippen LogP contribution in [0.5, 0.6) is 0 Å². The van der Waals surface area contributed by atoms with Crippen LogP contribution in [0.2, 0.25) is 5.15 Å². The molecular weight excluding hydrogens is 190 g/mol. The van der Waals surface area contributed by atoms with Gasteiger partial charge in [-0.1, -0.05) is 18.2 Å². The van der Waals surface area contributed by atoms with E-state index in [2.05, 4.69) is 16.3 Å². The molecule has 1 heterocycles. The molecule has 0 aromatic carbocycles. The number of ether oxygens (including phenoxy) is 1. The molecule has 1 aromatic rings. The third-order valence-corrected chi connectivity index (χ3v) is 1.70. The van der Waals surface area contributed by atoms with Crippen molar-refractivity contribution in [1.29, 1.82) is 0 Å². The van der Waals surface area contributed by atoms with Crippen molar-refractivity contribution in [1.82, 2.24) is 4.98 Å². The molecule has 0 saturated carbocycles. The molecule has 0 saturated heterocycles. The number of hydrogen-bond donors (Lipinski definition) is 0. The molecule has 1 aromatic heterocycles. The van der Waals surface area contributed by atoms with Crippen LogP contribution >= 0.6 is 11.6 Å². The van der Waals surface area contributed by atoms with Crippen molar-refractivity contribution in [3.63, 3.8) is 0 Å². The van der Waals surface area contributed by atoms with Crippen molar-refractivity contribution < 1.29 is 9.53 Å². The van der Waals surface area contributed by atoms with Crippen molar-refractivity contribution >= 4 is 23.6 Å². The van der Waals surface area contributed by atoms with E-state index in [1.807, 2.05) is 0 Å². The van der Waals surface area contributed by atoms with E-state index in [4.69, 9.17) is 11.6 Å². The maximum atomic E-state index is 11.2. The number of esters is 1. The molecule has 0 amide bonds. The quantitative estimate of drug-likeness (QED) is 0.539. The van der Waals surface area contributed by atoms with Gasteiger partial charge in [0.15, 0.2) is 0 Å². The SMILES string of the molecule is C=Cc1nc(Cl)ccc1C(=O)OC. The zero-order valence-corrected chi connectivity index (χ0v) is 7.84. The molecule has 0 radical (unpaired) electrons. The number of hydrogen-bond acceptors (Lipinski definition) is 3. The van der Waals surface area contributed by atoms with Crippen LogP contribution in [0.3, 0.4) is 0 Å². The zero-order valence-electron chi connectivity index (χ0n) is 7.08. The second-order valence-corrected chi connectivity index (χ2v) is 2.65. The van der Waals surface area contributed by atoms with Gasteiger partial charge < -0.3 is 4.74 Å². The summed E-state index contributed by atoms with van der Waals surface area (Å²) in [5, 5.41) is 0.322. The zero-order chi connectivity index (χ0) is 9.84. The van der Waals surface area contributed by atoms with Gasteiger partial charge in [-0.25, -0.2) is 9.78 Å². The fourth-order valence-corrected chi connectivity index (χ4v) is 1.04. The topological polar surface area (TPSA) is 39.2 Å². The second-order valence-electron chi connectivity index (χ2n) is 2.26. The summed E-state index contributed by atoms with van der Waals surface area (Å²) in [6, 6.07) is 3.08. The van der Waals surface area contributed by atoms with Crippen molar-refractivity contribution in [2.75, 3.05) is 7.11 Å². The van der Waals surface area contributed by atoms with Crippen molar-refractivity contribution in [3.05, 3.63) is 35.1 Å². The first-order chi connectivity index (χ1) is 6.19. The van der Waals surface area contributed by atoms with Crippen LogP contribution < -0.4 is 0 Å². The van der Waals surface area contributed by atoms with E-state index in [1.54, 1.807) is 6.07 Å². The van der Waals surface area contributed by atoms with Gasteiger partial charge in [-0.3, -0.25) is 0 Å². The molecule has 68 valence electrons. The summed E-state index contributed by atoms with van der Waals surface area (Å²) in [5.74, 6) is -0.445. The predicted molar refractivity (Wildman–Crippen MR) is 50.7 cm³/mol. The molecule has 0 aliphatic rings. The van der Waals surface area contributed by atoms with Crippen LogP contribution in [-0.4, -0.2) is 18.1 Å². The minimum absolute atomic E-state index is 0.322. The van der Waals surface area contributed by atoms with Gasteiger partial charge in [-0.05, 0) is 18.2 Å². The molecule has 0 aliphatic heterocycles. The van der Waals surface area contributed by atoms with Gasteiger partial charge >= 0.3 is 5.97 Å². The van der Waals surface area contributed by atoms with E-state index in [9.17, 15) is 4.79 Å². The van der Waals surface area contributed by atoms with E-state index in [0.29, 0.717) is 16.4 Å². The monoisotopic (exact) mass is 197 g/mol. The Hall–Kier alpha value is -1.35. The lowest BCUT2D eigenvalue weighted by Gasteiger charge is -2.02. The lowest BCUT2D eigenvalue weighted by Crippen LogP contribution is -2.04. The molecule has 13 heavy (non-hydrogen) atoms.